The summed E-state index contributed by atoms with van der Waals surface area (Å²) in [6, 6.07) is 5.78. The predicted molar refractivity (Wildman–Crippen MR) is 46.0 cm³/mol. The van der Waals surface area contributed by atoms with Gasteiger partial charge in [-0.05, 0) is 30.7 Å². The lowest BCUT2D eigenvalue weighted by Gasteiger charge is -1.94. The van der Waals surface area contributed by atoms with Gasteiger partial charge in [0.2, 0.25) is 0 Å². The second-order valence-electron chi connectivity index (χ2n) is 2.58. The second-order valence-corrected chi connectivity index (χ2v) is 2.99. The SMILES string of the molecule is Cc1cc(Cl)c2ccoc2c1. The van der Waals surface area contributed by atoms with E-state index in [0.29, 0.717) is 0 Å². The zero-order valence-corrected chi connectivity index (χ0v) is 6.85. The fourth-order valence-electron chi connectivity index (χ4n) is 1.16. The van der Waals surface area contributed by atoms with Crippen molar-refractivity contribution in [1.29, 1.82) is 0 Å². The summed E-state index contributed by atoms with van der Waals surface area (Å²) in [5, 5.41) is 1.74. The number of hydrogen-bond donors (Lipinski definition) is 0. The summed E-state index contributed by atoms with van der Waals surface area (Å²) in [5.74, 6) is 0. The molecule has 1 nitrogen and oxygen atoms in total. The molecule has 1 aromatic heterocycles. The molecule has 0 fully saturated rings. The van der Waals surface area contributed by atoms with E-state index in [1.54, 1.807) is 6.26 Å². The predicted octanol–water partition coefficient (Wildman–Crippen LogP) is 3.39. The van der Waals surface area contributed by atoms with Crippen molar-refractivity contribution in [2.45, 2.75) is 6.92 Å². The molecule has 0 N–H and O–H groups in total. The van der Waals surface area contributed by atoms with Crippen molar-refractivity contribution >= 4 is 22.6 Å². The smallest absolute Gasteiger partial charge is 0.135 e. The summed E-state index contributed by atoms with van der Waals surface area (Å²) >= 11 is 5.94. The van der Waals surface area contributed by atoms with Crippen molar-refractivity contribution in [3.8, 4) is 0 Å². The summed E-state index contributed by atoms with van der Waals surface area (Å²) in [4.78, 5) is 0. The molecular weight excluding hydrogens is 160 g/mol. The third kappa shape index (κ3) is 1.02. The van der Waals surface area contributed by atoms with Crippen LogP contribution in [0.4, 0.5) is 0 Å². The average Bonchev–Trinajstić information content (AvgIpc) is 2.34. The lowest BCUT2D eigenvalue weighted by atomic mass is 10.2. The van der Waals surface area contributed by atoms with Gasteiger partial charge in [0.05, 0.1) is 11.3 Å². The molecule has 1 aromatic carbocycles. The van der Waals surface area contributed by atoms with Gasteiger partial charge in [-0.3, -0.25) is 0 Å². The van der Waals surface area contributed by atoms with E-state index >= 15 is 0 Å². The molecule has 56 valence electrons. The number of rotatable bonds is 0. The topological polar surface area (TPSA) is 13.1 Å². The number of aryl methyl sites for hydroxylation is 1. The zero-order chi connectivity index (χ0) is 7.84. The Bertz CT molecular complexity index is 389. The van der Waals surface area contributed by atoms with E-state index in [1.165, 1.54) is 0 Å². The van der Waals surface area contributed by atoms with Crippen molar-refractivity contribution in [2.75, 3.05) is 0 Å². The number of furan rings is 1. The van der Waals surface area contributed by atoms with Crippen LogP contribution in [0.25, 0.3) is 11.0 Å². The lowest BCUT2D eigenvalue weighted by molar-refractivity contribution is 0.615. The average molecular weight is 167 g/mol. The van der Waals surface area contributed by atoms with Crippen LogP contribution in [0.15, 0.2) is 28.9 Å². The molecule has 2 rings (SSSR count). The minimum atomic E-state index is 0.758. The molecule has 0 saturated carbocycles. The maximum Gasteiger partial charge on any atom is 0.135 e. The van der Waals surface area contributed by atoms with Gasteiger partial charge < -0.3 is 4.42 Å². The molecule has 0 atom stereocenters. The van der Waals surface area contributed by atoms with Crippen LogP contribution in [0, 0.1) is 6.92 Å². The maximum atomic E-state index is 5.94. The highest BCUT2D eigenvalue weighted by Gasteiger charge is 2.01. The Hall–Kier alpha value is -0.950. The van der Waals surface area contributed by atoms with Crippen LogP contribution in [0.2, 0.25) is 5.02 Å². The molecule has 0 amide bonds. The Kier molecular flexibility index (Phi) is 1.40. The summed E-state index contributed by atoms with van der Waals surface area (Å²) in [6.45, 7) is 1.99. The molecule has 2 heteroatoms. The largest absolute Gasteiger partial charge is 0.464 e. The van der Waals surface area contributed by atoms with E-state index in [-0.39, 0.29) is 0 Å². The Balaban J connectivity index is 2.91. The van der Waals surface area contributed by atoms with Gasteiger partial charge in [-0.25, -0.2) is 0 Å². The van der Waals surface area contributed by atoms with Gasteiger partial charge >= 0.3 is 0 Å². The monoisotopic (exact) mass is 166 g/mol. The third-order valence-corrected chi connectivity index (χ3v) is 1.98. The fourth-order valence-corrected chi connectivity index (χ4v) is 1.48. The Morgan fingerprint density at radius 3 is 3.00 bits per heavy atom. The zero-order valence-electron chi connectivity index (χ0n) is 6.10. The Morgan fingerprint density at radius 1 is 1.36 bits per heavy atom. The molecule has 0 aliphatic carbocycles. The highest BCUT2D eigenvalue weighted by atomic mass is 35.5. The number of hydrogen-bond acceptors (Lipinski definition) is 1. The highest BCUT2D eigenvalue weighted by molar-refractivity contribution is 6.35. The molecule has 1 heterocycles. The van der Waals surface area contributed by atoms with Gasteiger partial charge in [0.1, 0.15) is 5.58 Å². The standard InChI is InChI=1S/C9H7ClO/c1-6-4-8(10)7-2-3-11-9(7)5-6/h2-5H,1H3. The van der Waals surface area contributed by atoms with Crippen LogP contribution in [0.3, 0.4) is 0 Å². The van der Waals surface area contributed by atoms with Crippen molar-refractivity contribution in [3.05, 3.63) is 35.0 Å². The maximum absolute atomic E-state index is 5.94. The molecule has 0 bridgehead atoms. The quantitative estimate of drug-likeness (QED) is 0.585. The van der Waals surface area contributed by atoms with Crippen LogP contribution in [0.1, 0.15) is 5.56 Å². The normalized spacial score (nSPS) is 10.7. The van der Waals surface area contributed by atoms with Crippen molar-refractivity contribution in [2.24, 2.45) is 0 Å². The fraction of sp³-hybridized carbons (Fsp3) is 0.111. The summed E-state index contributed by atoms with van der Waals surface area (Å²) in [5.41, 5.74) is 1.98. The first kappa shape index (κ1) is 6.74. The number of benzene rings is 1. The van der Waals surface area contributed by atoms with E-state index in [0.717, 1.165) is 21.6 Å². The van der Waals surface area contributed by atoms with Crippen LogP contribution >= 0.6 is 11.6 Å². The molecule has 11 heavy (non-hydrogen) atoms. The first-order valence-electron chi connectivity index (χ1n) is 3.41. The summed E-state index contributed by atoms with van der Waals surface area (Å²) in [7, 11) is 0. The van der Waals surface area contributed by atoms with Crippen LogP contribution in [-0.2, 0) is 0 Å². The Morgan fingerprint density at radius 2 is 2.18 bits per heavy atom. The highest BCUT2D eigenvalue weighted by Crippen LogP contribution is 2.25. The molecule has 0 radical (unpaired) electrons. The second kappa shape index (κ2) is 2.28. The van der Waals surface area contributed by atoms with Crippen LogP contribution in [0.5, 0.6) is 0 Å². The molecule has 0 spiro atoms. The first-order valence-corrected chi connectivity index (χ1v) is 3.78. The minimum absolute atomic E-state index is 0.758. The molecule has 0 aliphatic heterocycles. The van der Waals surface area contributed by atoms with Crippen LogP contribution < -0.4 is 0 Å². The third-order valence-electron chi connectivity index (χ3n) is 1.67. The van der Waals surface area contributed by atoms with E-state index in [4.69, 9.17) is 16.0 Å². The van der Waals surface area contributed by atoms with Gasteiger partial charge in [0.25, 0.3) is 0 Å². The van der Waals surface area contributed by atoms with Gasteiger partial charge in [0, 0.05) is 5.39 Å². The van der Waals surface area contributed by atoms with E-state index < -0.39 is 0 Å². The number of halogens is 1. The van der Waals surface area contributed by atoms with Gasteiger partial charge in [-0.2, -0.15) is 0 Å². The molecule has 0 unspecified atom stereocenters. The van der Waals surface area contributed by atoms with Gasteiger partial charge in [-0.15, -0.1) is 0 Å². The summed E-state index contributed by atoms with van der Waals surface area (Å²) in [6.07, 6.45) is 1.65. The van der Waals surface area contributed by atoms with Crippen LogP contribution in [-0.4, -0.2) is 0 Å². The molecule has 0 aliphatic rings. The van der Waals surface area contributed by atoms with Crippen molar-refractivity contribution in [1.82, 2.24) is 0 Å². The molecule has 2 aromatic rings. The first-order chi connectivity index (χ1) is 5.27. The Labute approximate surface area is 69.6 Å². The van der Waals surface area contributed by atoms with Gasteiger partial charge in [0.15, 0.2) is 0 Å². The van der Waals surface area contributed by atoms with E-state index in [9.17, 15) is 0 Å². The lowest BCUT2D eigenvalue weighted by Crippen LogP contribution is -1.71. The molecular formula is C9H7ClO. The van der Waals surface area contributed by atoms with Crippen molar-refractivity contribution in [3.63, 3.8) is 0 Å². The van der Waals surface area contributed by atoms with E-state index in [2.05, 4.69) is 0 Å². The number of fused-ring (bicyclic) bond motifs is 1. The minimum Gasteiger partial charge on any atom is -0.464 e. The van der Waals surface area contributed by atoms with E-state index in [1.807, 2.05) is 25.1 Å². The van der Waals surface area contributed by atoms with Gasteiger partial charge in [-0.1, -0.05) is 11.6 Å². The van der Waals surface area contributed by atoms with Crippen molar-refractivity contribution < 1.29 is 4.42 Å². The summed E-state index contributed by atoms with van der Waals surface area (Å²) < 4.78 is 5.20. The molecule has 0 saturated heterocycles.